The van der Waals surface area contributed by atoms with E-state index in [-0.39, 0.29) is 5.69 Å². The van der Waals surface area contributed by atoms with Gasteiger partial charge in [0.25, 0.3) is 0 Å². The summed E-state index contributed by atoms with van der Waals surface area (Å²) in [7, 11) is 1.35. The molecule has 0 N–H and O–H groups in total. The third-order valence-corrected chi connectivity index (χ3v) is 4.31. The van der Waals surface area contributed by atoms with Gasteiger partial charge in [0.1, 0.15) is 0 Å². The van der Waals surface area contributed by atoms with E-state index < -0.39 is 5.97 Å². The number of benzene rings is 1. The van der Waals surface area contributed by atoms with Crippen molar-refractivity contribution in [1.82, 2.24) is 9.97 Å². The standard InChI is InChI=1S/C17H19ClN4O2/c1-12-11-14(16(23)24-2)20-17(19-12)22-9-7-21(8-10-22)15-6-4-3-5-13(15)18/h3-6,11H,7-10H2,1-2H3. The van der Waals surface area contributed by atoms with Gasteiger partial charge in [-0.05, 0) is 25.1 Å². The van der Waals surface area contributed by atoms with Gasteiger partial charge in [-0.3, -0.25) is 0 Å². The third-order valence-electron chi connectivity index (χ3n) is 3.99. The molecule has 0 atom stereocenters. The minimum absolute atomic E-state index is 0.286. The highest BCUT2D eigenvalue weighted by atomic mass is 35.5. The molecule has 126 valence electrons. The number of aryl methyl sites for hydroxylation is 1. The summed E-state index contributed by atoms with van der Waals surface area (Å²) in [6.45, 7) is 4.99. The van der Waals surface area contributed by atoms with Crippen LogP contribution < -0.4 is 9.80 Å². The molecule has 7 heteroatoms. The molecule has 6 nitrogen and oxygen atoms in total. The fraction of sp³-hybridized carbons (Fsp3) is 0.353. The Morgan fingerprint density at radius 1 is 1.12 bits per heavy atom. The minimum Gasteiger partial charge on any atom is -0.464 e. The van der Waals surface area contributed by atoms with Gasteiger partial charge in [-0.2, -0.15) is 0 Å². The van der Waals surface area contributed by atoms with E-state index >= 15 is 0 Å². The normalized spacial score (nSPS) is 14.6. The van der Waals surface area contributed by atoms with Crippen molar-refractivity contribution in [2.45, 2.75) is 6.92 Å². The summed E-state index contributed by atoms with van der Waals surface area (Å²) in [5.74, 6) is 0.116. The van der Waals surface area contributed by atoms with Gasteiger partial charge in [-0.25, -0.2) is 14.8 Å². The summed E-state index contributed by atoms with van der Waals surface area (Å²) in [5, 5.41) is 0.755. The van der Waals surface area contributed by atoms with Gasteiger partial charge in [0.05, 0.1) is 17.8 Å². The Hall–Kier alpha value is -2.34. The van der Waals surface area contributed by atoms with Crippen LogP contribution in [-0.4, -0.2) is 49.2 Å². The summed E-state index contributed by atoms with van der Waals surface area (Å²) in [4.78, 5) is 24.8. The summed E-state index contributed by atoms with van der Waals surface area (Å²) >= 11 is 6.27. The van der Waals surface area contributed by atoms with Crippen molar-refractivity contribution in [3.63, 3.8) is 0 Å². The van der Waals surface area contributed by atoms with E-state index in [1.165, 1.54) is 7.11 Å². The number of esters is 1. The van der Waals surface area contributed by atoms with Crippen LogP contribution in [0.15, 0.2) is 30.3 Å². The summed E-state index contributed by atoms with van der Waals surface area (Å²) in [5.41, 5.74) is 2.07. The van der Waals surface area contributed by atoms with Crippen molar-refractivity contribution in [3.8, 4) is 0 Å². The Morgan fingerprint density at radius 2 is 1.79 bits per heavy atom. The van der Waals surface area contributed by atoms with Crippen LogP contribution in [0.3, 0.4) is 0 Å². The highest BCUT2D eigenvalue weighted by molar-refractivity contribution is 6.33. The Bertz CT molecular complexity index is 745. The Kier molecular flexibility index (Phi) is 4.85. The lowest BCUT2D eigenvalue weighted by molar-refractivity contribution is 0.0593. The average molecular weight is 347 g/mol. The molecule has 0 saturated carbocycles. The van der Waals surface area contributed by atoms with Crippen LogP contribution in [0.4, 0.5) is 11.6 Å². The fourth-order valence-corrected chi connectivity index (χ4v) is 3.01. The molecule has 0 radical (unpaired) electrons. The van der Waals surface area contributed by atoms with E-state index in [0.717, 1.165) is 42.6 Å². The monoisotopic (exact) mass is 346 g/mol. The van der Waals surface area contributed by atoms with E-state index in [1.54, 1.807) is 6.07 Å². The SMILES string of the molecule is COC(=O)c1cc(C)nc(N2CCN(c3ccccc3Cl)CC2)n1. The maximum absolute atomic E-state index is 11.7. The Labute approximate surface area is 146 Å². The number of methoxy groups -OCH3 is 1. The molecular formula is C17H19ClN4O2. The van der Waals surface area contributed by atoms with Crippen LogP contribution in [0.5, 0.6) is 0 Å². The smallest absolute Gasteiger partial charge is 0.356 e. The zero-order valence-electron chi connectivity index (χ0n) is 13.7. The van der Waals surface area contributed by atoms with Gasteiger partial charge < -0.3 is 14.5 Å². The summed E-state index contributed by atoms with van der Waals surface area (Å²) in [6, 6.07) is 9.47. The van der Waals surface area contributed by atoms with Crippen LogP contribution in [0.2, 0.25) is 5.02 Å². The number of anilines is 2. The first-order valence-electron chi connectivity index (χ1n) is 7.77. The quantitative estimate of drug-likeness (QED) is 0.796. The molecule has 0 unspecified atom stereocenters. The first kappa shape index (κ1) is 16.5. The molecule has 24 heavy (non-hydrogen) atoms. The predicted octanol–water partition coefficient (Wildman–Crippen LogP) is 2.55. The number of ether oxygens (including phenoxy) is 1. The van der Waals surface area contributed by atoms with Gasteiger partial charge in [0.15, 0.2) is 5.69 Å². The molecule has 0 bridgehead atoms. The topological polar surface area (TPSA) is 58.6 Å². The molecule has 3 rings (SSSR count). The van der Waals surface area contributed by atoms with Gasteiger partial charge in [0, 0.05) is 31.9 Å². The van der Waals surface area contributed by atoms with Gasteiger partial charge in [-0.1, -0.05) is 23.7 Å². The molecule has 1 fully saturated rings. The Balaban J connectivity index is 1.74. The van der Waals surface area contributed by atoms with Crippen LogP contribution in [0.1, 0.15) is 16.2 Å². The van der Waals surface area contributed by atoms with Crippen molar-refractivity contribution < 1.29 is 9.53 Å². The fourth-order valence-electron chi connectivity index (χ4n) is 2.76. The number of hydrogen-bond acceptors (Lipinski definition) is 6. The molecular weight excluding hydrogens is 328 g/mol. The number of carbonyl (C=O) groups is 1. The summed E-state index contributed by atoms with van der Waals surface area (Å²) in [6.07, 6.45) is 0. The zero-order chi connectivity index (χ0) is 17.1. The molecule has 0 spiro atoms. The van der Waals surface area contributed by atoms with Crippen molar-refractivity contribution in [1.29, 1.82) is 0 Å². The second-order valence-electron chi connectivity index (χ2n) is 5.61. The lowest BCUT2D eigenvalue weighted by atomic mass is 10.2. The largest absolute Gasteiger partial charge is 0.464 e. The van der Waals surface area contributed by atoms with Gasteiger partial charge >= 0.3 is 5.97 Å². The van der Waals surface area contributed by atoms with Gasteiger partial charge in [0.2, 0.25) is 5.95 Å². The predicted molar refractivity (Wildman–Crippen MR) is 94.0 cm³/mol. The molecule has 1 aromatic heterocycles. The van der Waals surface area contributed by atoms with Crippen molar-refractivity contribution in [2.24, 2.45) is 0 Å². The number of piperazine rings is 1. The molecule has 2 aromatic rings. The Morgan fingerprint density at radius 3 is 2.46 bits per heavy atom. The molecule has 0 amide bonds. The van der Waals surface area contributed by atoms with Crippen LogP contribution in [-0.2, 0) is 4.74 Å². The second-order valence-corrected chi connectivity index (χ2v) is 6.02. The van der Waals surface area contributed by atoms with Crippen LogP contribution >= 0.6 is 11.6 Å². The molecule has 2 heterocycles. The van der Waals surface area contributed by atoms with Crippen molar-refractivity contribution in [2.75, 3.05) is 43.1 Å². The summed E-state index contributed by atoms with van der Waals surface area (Å²) < 4.78 is 4.75. The van der Waals surface area contributed by atoms with Gasteiger partial charge in [-0.15, -0.1) is 0 Å². The van der Waals surface area contributed by atoms with Crippen molar-refractivity contribution in [3.05, 3.63) is 46.7 Å². The van der Waals surface area contributed by atoms with E-state index in [2.05, 4.69) is 19.8 Å². The van der Waals surface area contributed by atoms with E-state index in [4.69, 9.17) is 16.3 Å². The van der Waals surface area contributed by atoms with Crippen LogP contribution in [0, 0.1) is 6.92 Å². The first-order valence-corrected chi connectivity index (χ1v) is 8.14. The maximum atomic E-state index is 11.7. The zero-order valence-corrected chi connectivity index (χ0v) is 14.5. The highest BCUT2D eigenvalue weighted by Crippen LogP contribution is 2.26. The van der Waals surface area contributed by atoms with Crippen LogP contribution in [0.25, 0.3) is 0 Å². The molecule has 0 aliphatic carbocycles. The number of carbonyl (C=O) groups excluding carboxylic acids is 1. The van der Waals surface area contributed by atoms with E-state index in [1.807, 2.05) is 31.2 Å². The molecule has 1 saturated heterocycles. The third kappa shape index (κ3) is 3.43. The maximum Gasteiger partial charge on any atom is 0.356 e. The number of nitrogens with zero attached hydrogens (tertiary/aromatic N) is 4. The number of halogens is 1. The minimum atomic E-state index is -0.448. The van der Waals surface area contributed by atoms with Crippen molar-refractivity contribution >= 4 is 29.2 Å². The first-order chi connectivity index (χ1) is 11.6. The number of aromatic nitrogens is 2. The number of rotatable bonds is 3. The average Bonchev–Trinajstić information content (AvgIpc) is 2.61. The molecule has 1 aromatic carbocycles. The number of para-hydroxylation sites is 1. The highest BCUT2D eigenvalue weighted by Gasteiger charge is 2.22. The molecule has 1 aliphatic heterocycles. The lowest BCUT2D eigenvalue weighted by Crippen LogP contribution is -2.47. The second kappa shape index (κ2) is 7.05. The number of hydrogen-bond donors (Lipinski definition) is 0. The van der Waals surface area contributed by atoms with E-state index in [9.17, 15) is 4.79 Å². The van der Waals surface area contributed by atoms with E-state index in [0.29, 0.717) is 5.95 Å². The lowest BCUT2D eigenvalue weighted by Gasteiger charge is -2.36. The molecule has 1 aliphatic rings.